The van der Waals surface area contributed by atoms with E-state index >= 15 is 0 Å². The Morgan fingerprint density at radius 1 is 1.41 bits per heavy atom. The molecular formula is C14H20BrNS. The highest BCUT2D eigenvalue weighted by atomic mass is 79.9. The highest BCUT2D eigenvalue weighted by Crippen LogP contribution is 2.29. The predicted octanol–water partition coefficient (Wildman–Crippen LogP) is 4.38. The lowest BCUT2D eigenvalue weighted by molar-refractivity contribution is 0.416. The van der Waals surface area contributed by atoms with Gasteiger partial charge in [-0.2, -0.15) is 11.8 Å². The van der Waals surface area contributed by atoms with Crippen LogP contribution in [-0.2, 0) is 0 Å². The van der Waals surface area contributed by atoms with Crippen LogP contribution in [0.15, 0.2) is 28.7 Å². The lowest BCUT2D eigenvalue weighted by Crippen LogP contribution is -2.40. The third-order valence-corrected chi connectivity index (χ3v) is 5.54. The lowest BCUT2D eigenvalue weighted by Gasteiger charge is -2.32. The Balaban J connectivity index is 2.01. The number of nitrogens with one attached hydrogen (secondary N) is 1. The fourth-order valence-electron chi connectivity index (χ4n) is 2.38. The molecule has 1 saturated heterocycles. The number of rotatable bonds is 3. The summed E-state index contributed by atoms with van der Waals surface area (Å²) in [5.41, 5.74) is 1.36. The van der Waals surface area contributed by atoms with Gasteiger partial charge in [0.15, 0.2) is 0 Å². The van der Waals surface area contributed by atoms with E-state index in [0.29, 0.717) is 12.1 Å². The maximum atomic E-state index is 3.77. The van der Waals surface area contributed by atoms with Crippen LogP contribution in [-0.4, -0.2) is 17.0 Å². The lowest BCUT2D eigenvalue weighted by atomic mass is 10.0. The van der Waals surface area contributed by atoms with Crippen LogP contribution in [0.3, 0.4) is 0 Å². The van der Waals surface area contributed by atoms with Gasteiger partial charge in [-0.25, -0.2) is 0 Å². The first-order valence-corrected chi connectivity index (χ1v) is 8.14. The monoisotopic (exact) mass is 313 g/mol. The van der Waals surface area contributed by atoms with Crippen molar-refractivity contribution in [3.63, 3.8) is 0 Å². The number of hydrogen-bond acceptors (Lipinski definition) is 2. The van der Waals surface area contributed by atoms with Crippen molar-refractivity contribution in [2.24, 2.45) is 0 Å². The molecule has 2 rings (SSSR count). The van der Waals surface area contributed by atoms with E-state index in [-0.39, 0.29) is 0 Å². The van der Waals surface area contributed by atoms with E-state index in [4.69, 9.17) is 0 Å². The van der Waals surface area contributed by atoms with Crippen LogP contribution in [0.4, 0.5) is 0 Å². The molecule has 0 saturated carbocycles. The molecule has 3 atom stereocenters. The van der Waals surface area contributed by atoms with Gasteiger partial charge < -0.3 is 5.32 Å². The quantitative estimate of drug-likeness (QED) is 0.888. The molecule has 0 aromatic heterocycles. The minimum Gasteiger partial charge on any atom is -0.306 e. The van der Waals surface area contributed by atoms with Gasteiger partial charge in [-0.15, -0.1) is 0 Å². The second-order valence-electron chi connectivity index (χ2n) is 4.73. The van der Waals surface area contributed by atoms with Crippen LogP contribution in [0.25, 0.3) is 0 Å². The topological polar surface area (TPSA) is 12.0 Å². The summed E-state index contributed by atoms with van der Waals surface area (Å²) in [5, 5.41) is 4.51. The van der Waals surface area contributed by atoms with E-state index in [9.17, 15) is 0 Å². The highest BCUT2D eigenvalue weighted by Gasteiger charge is 2.23. The summed E-state index contributed by atoms with van der Waals surface area (Å²) in [7, 11) is 0. The van der Waals surface area contributed by atoms with Crippen molar-refractivity contribution < 1.29 is 0 Å². The molecule has 0 bridgehead atoms. The summed E-state index contributed by atoms with van der Waals surface area (Å²) in [6, 6.07) is 9.55. The summed E-state index contributed by atoms with van der Waals surface area (Å²) in [6.45, 7) is 4.60. The van der Waals surface area contributed by atoms with Gasteiger partial charge in [0.25, 0.3) is 0 Å². The molecule has 1 fully saturated rings. The van der Waals surface area contributed by atoms with Crippen LogP contribution in [0.1, 0.15) is 38.3 Å². The van der Waals surface area contributed by atoms with E-state index in [1.807, 2.05) is 0 Å². The fourth-order valence-corrected chi connectivity index (χ4v) is 4.16. The van der Waals surface area contributed by atoms with Gasteiger partial charge in [0.1, 0.15) is 0 Å². The van der Waals surface area contributed by atoms with Crippen LogP contribution < -0.4 is 5.32 Å². The molecule has 2 unspecified atom stereocenters. The molecule has 1 N–H and O–H groups in total. The Morgan fingerprint density at radius 3 is 2.88 bits per heavy atom. The van der Waals surface area contributed by atoms with E-state index < -0.39 is 0 Å². The molecule has 0 aliphatic carbocycles. The SMILES string of the molecule is CC1SCCCC1N[C@@H](C)c1ccccc1Br. The zero-order valence-corrected chi connectivity index (χ0v) is 12.9. The van der Waals surface area contributed by atoms with Crippen LogP contribution >= 0.6 is 27.7 Å². The van der Waals surface area contributed by atoms with Crippen molar-refractivity contribution in [3.05, 3.63) is 34.3 Å². The summed E-state index contributed by atoms with van der Waals surface area (Å²) in [6.07, 6.45) is 2.65. The van der Waals surface area contributed by atoms with Gasteiger partial charge in [-0.1, -0.05) is 41.1 Å². The van der Waals surface area contributed by atoms with E-state index in [1.165, 1.54) is 28.6 Å². The summed E-state index contributed by atoms with van der Waals surface area (Å²) >= 11 is 5.72. The van der Waals surface area contributed by atoms with Gasteiger partial charge in [-0.3, -0.25) is 0 Å². The zero-order valence-electron chi connectivity index (χ0n) is 10.4. The Morgan fingerprint density at radius 2 is 2.18 bits per heavy atom. The van der Waals surface area contributed by atoms with E-state index in [1.54, 1.807) is 0 Å². The molecular weight excluding hydrogens is 294 g/mol. The minimum absolute atomic E-state index is 0.414. The third kappa shape index (κ3) is 3.49. The number of thioether (sulfide) groups is 1. The third-order valence-electron chi connectivity index (χ3n) is 3.44. The summed E-state index contributed by atoms with van der Waals surface area (Å²) in [5.74, 6) is 1.32. The second-order valence-corrected chi connectivity index (χ2v) is 7.07. The normalized spacial score (nSPS) is 26.8. The van der Waals surface area contributed by atoms with Crippen molar-refractivity contribution in [1.82, 2.24) is 5.32 Å². The molecule has 0 amide bonds. The van der Waals surface area contributed by atoms with Crippen molar-refractivity contribution in [2.75, 3.05) is 5.75 Å². The van der Waals surface area contributed by atoms with Crippen LogP contribution in [0.5, 0.6) is 0 Å². The summed E-state index contributed by atoms with van der Waals surface area (Å²) < 4.78 is 1.20. The Labute approximate surface area is 117 Å². The maximum Gasteiger partial charge on any atom is 0.0305 e. The molecule has 0 spiro atoms. The predicted molar refractivity (Wildman–Crippen MR) is 80.6 cm³/mol. The Hall–Kier alpha value is 0.01000. The van der Waals surface area contributed by atoms with Gasteiger partial charge >= 0.3 is 0 Å². The number of benzene rings is 1. The molecule has 1 aromatic rings. The molecule has 1 aromatic carbocycles. The first kappa shape index (κ1) is 13.4. The van der Waals surface area contributed by atoms with Gasteiger partial charge in [-0.05, 0) is 37.1 Å². The summed E-state index contributed by atoms with van der Waals surface area (Å²) in [4.78, 5) is 0. The number of hydrogen-bond donors (Lipinski definition) is 1. The molecule has 94 valence electrons. The zero-order chi connectivity index (χ0) is 12.3. The molecule has 1 heterocycles. The van der Waals surface area contributed by atoms with Crippen LogP contribution in [0, 0.1) is 0 Å². The average molecular weight is 314 g/mol. The van der Waals surface area contributed by atoms with Gasteiger partial charge in [0, 0.05) is 21.8 Å². The van der Waals surface area contributed by atoms with Crippen molar-refractivity contribution in [1.29, 1.82) is 0 Å². The van der Waals surface area contributed by atoms with Gasteiger partial charge in [0.2, 0.25) is 0 Å². The van der Waals surface area contributed by atoms with E-state index in [2.05, 4.69) is 71.1 Å². The number of halogens is 1. The van der Waals surface area contributed by atoms with Gasteiger partial charge in [0.05, 0.1) is 0 Å². The maximum absolute atomic E-state index is 3.77. The van der Waals surface area contributed by atoms with E-state index in [0.717, 1.165) is 5.25 Å². The molecule has 3 heteroatoms. The molecule has 1 nitrogen and oxygen atoms in total. The Kier molecular flexibility index (Phi) is 4.95. The first-order chi connectivity index (χ1) is 8.18. The largest absolute Gasteiger partial charge is 0.306 e. The standard InChI is InChI=1S/C14H20BrNS/c1-10(12-6-3-4-7-13(12)15)16-14-8-5-9-17-11(14)2/h3-4,6-7,10-11,14,16H,5,8-9H2,1-2H3/t10-,11?,14?/m0/s1. The minimum atomic E-state index is 0.414. The van der Waals surface area contributed by atoms with Crippen LogP contribution in [0.2, 0.25) is 0 Å². The first-order valence-electron chi connectivity index (χ1n) is 6.30. The molecule has 17 heavy (non-hydrogen) atoms. The fraction of sp³-hybridized carbons (Fsp3) is 0.571. The molecule has 1 aliphatic rings. The molecule has 0 radical (unpaired) electrons. The second kappa shape index (κ2) is 6.26. The average Bonchev–Trinajstić information content (AvgIpc) is 2.32. The van der Waals surface area contributed by atoms with Crippen molar-refractivity contribution >= 4 is 27.7 Å². The van der Waals surface area contributed by atoms with Crippen molar-refractivity contribution in [3.8, 4) is 0 Å². The highest BCUT2D eigenvalue weighted by molar-refractivity contribution is 9.10. The molecule has 1 aliphatic heterocycles. The van der Waals surface area contributed by atoms with Crippen molar-refractivity contribution in [2.45, 2.75) is 44.0 Å². The Bertz CT molecular complexity index is 369. The smallest absolute Gasteiger partial charge is 0.0305 e.